The number of hydrogen-bond donors (Lipinski definition) is 2. The van der Waals surface area contributed by atoms with Crippen LogP contribution in [0, 0.1) is 0 Å². The van der Waals surface area contributed by atoms with Crippen molar-refractivity contribution in [3.8, 4) is 0 Å². The molecular formula is C12H21N3O. The Hall–Kier alpha value is -1.29. The van der Waals surface area contributed by atoms with Crippen molar-refractivity contribution in [3.05, 3.63) is 18.3 Å². The van der Waals surface area contributed by atoms with E-state index in [2.05, 4.69) is 10.3 Å². The first-order valence-corrected chi connectivity index (χ1v) is 5.56. The second kappa shape index (κ2) is 5.16. The molecule has 0 atom stereocenters. The van der Waals surface area contributed by atoms with Gasteiger partial charge in [0.2, 0.25) is 0 Å². The summed E-state index contributed by atoms with van der Waals surface area (Å²) in [5.41, 5.74) is 0.351. The summed E-state index contributed by atoms with van der Waals surface area (Å²) in [6.45, 7) is 7.08. The molecule has 0 saturated carbocycles. The highest BCUT2D eigenvalue weighted by Crippen LogP contribution is 2.17. The Balaban J connectivity index is 2.75. The lowest BCUT2D eigenvalue weighted by Gasteiger charge is -2.27. The molecule has 4 heteroatoms. The summed E-state index contributed by atoms with van der Waals surface area (Å²) in [4.78, 5) is 6.22. The third kappa shape index (κ3) is 4.06. The van der Waals surface area contributed by atoms with Crippen LogP contribution in [0.2, 0.25) is 0 Å². The van der Waals surface area contributed by atoms with Crippen molar-refractivity contribution < 1.29 is 5.11 Å². The molecule has 90 valence electrons. The normalized spacial score (nSPS) is 11.3. The fraction of sp³-hybridized carbons (Fsp3) is 0.583. The summed E-state index contributed by atoms with van der Waals surface area (Å²) in [6.07, 6.45) is 1.77. The lowest BCUT2D eigenvalue weighted by Crippen LogP contribution is -2.36. The zero-order valence-electron chi connectivity index (χ0n) is 10.5. The molecule has 0 aliphatic carbocycles. The van der Waals surface area contributed by atoms with E-state index in [1.54, 1.807) is 20.0 Å². The van der Waals surface area contributed by atoms with Crippen molar-refractivity contribution in [2.75, 3.05) is 30.4 Å². The third-order valence-corrected chi connectivity index (χ3v) is 2.17. The van der Waals surface area contributed by atoms with E-state index in [4.69, 9.17) is 0 Å². The minimum Gasteiger partial charge on any atom is -0.389 e. The molecule has 1 aromatic rings. The van der Waals surface area contributed by atoms with Crippen LogP contribution in [0.5, 0.6) is 0 Å². The van der Waals surface area contributed by atoms with Gasteiger partial charge in [0.15, 0.2) is 0 Å². The quantitative estimate of drug-likeness (QED) is 0.798. The van der Waals surface area contributed by atoms with Gasteiger partial charge in [0, 0.05) is 38.1 Å². The van der Waals surface area contributed by atoms with Gasteiger partial charge in [-0.2, -0.15) is 0 Å². The molecular weight excluding hydrogens is 202 g/mol. The predicted molar refractivity (Wildman–Crippen MR) is 68.0 cm³/mol. The van der Waals surface area contributed by atoms with Gasteiger partial charge in [0.25, 0.3) is 0 Å². The molecule has 0 amide bonds. The summed E-state index contributed by atoms with van der Waals surface area (Å²) in [6, 6.07) is 3.92. The molecule has 0 saturated heterocycles. The largest absolute Gasteiger partial charge is 0.389 e. The Labute approximate surface area is 97.3 Å². The van der Waals surface area contributed by atoms with Crippen LogP contribution in [0.15, 0.2) is 18.3 Å². The van der Waals surface area contributed by atoms with Crippen LogP contribution in [-0.2, 0) is 0 Å². The average Bonchev–Trinajstić information content (AvgIpc) is 2.16. The maximum absolute atomic E-state index is 9.75. The highest BCUT2D eigenvalue weighted by Gasteiger charge is 2.16. The van der Waals surface area contributed by atoms with Crippen LogP contribution in [0.1, 0.15) is 20.8 Å². The van der Waals surface area contributed by atoms with Gasteiger partial charge in [-0.1, -0.05) is 0 Å². The molecule has 16 heavy (non-hydrogen) atoms. The zero-order valence-corrected chi connectivity index (χ0v) is 10.5. The number of likely N-dealkylation sites (N-methyl/N-ethyl adjacent to an activating group) is 1. The smallest absolute Gasteiger partial charge is 0.127 e. The summed E-state index contributed by atoms with van der Waals surface area (Å²) < 4.78 is 0. The van der Waals surface area contributed by atoms with Gasteiger partial charge in [-0.25, -0.2) is 4.98 Å². The summed E-state index contributed by atoms with van der Waals surface area (Å²) >= 11 is 0. The van der Waals surface area contributed by atoms with E-state index in [0.717, 1.165) is 18.1 Å². The van der Waals surface area contributed by atoms with Crippen LogP contribution in [0.3, 0.4) is 0 Å². The second-order valence-corrected chi connectivity index (χ2v) is 4.60. The fourth-order valence-corrected chi connectivity index (χ4v) is 1.61. The first-order valence-electron chi connectivity index (χ1n) is 5.56. The summed E-state index contributed by atoms with van der Waals surface area (Å²) in [5.74, 6) is 0.864. The number of anilines is 2. The maximum atomic E-state index is 9.75. The van der Waals surface area contributed by atoms with E-state index in [0.29, 0.717) is 6.54 Å². The van der Waals surface area contributed by atoms with Gasteiger partial charge in [-0.3, -0.25) is 0 Å². The highest BCUT2D eigenvalue weighted by atomic mass is 16.3. The Morgan fingerprint density at radius 2 is 2.19 bits per heavy atom. The van der Waals surface area contributed by atoms with Crippen molar-refractivity contribution in [2.45, 2.75) is 26.4 Å². The van der Waals surface area contributed by atoms with Crippen molar-refractivity contribution in [1.29, 1.82) is 0 Å². The lowest BCUT2D eigenvalue weighted by molar-refractivity contribution is 0.0886. The fourth-order valence-electron chi connectivity index (χ4n) is 1.61. The Bertz CT molecular complexity index is 333. The Morgan fingerprint density at radius 3 is 2.75 bits per heavy atom. The molecule has 0 radical (unpaired) electrons. The maximum Gasteiger partial charge on any atom is 0.127 e. The summed E-state index contributed by atoms with van der Waals surface area (Å²) in [7, 11) is 1.96. The van der Waals surface area contributed by atoms with Gasteiger partial charge in [-0.05, 0) is 26.8 Å². The number of pyridine rings is 1. The van der Waals surface area contributed by atoms with E-state index in [1.807, 2.05) is 31.0 Å². The first-order chi connectivity index (χ1) is 7.42. The van der Waals surface area contributed by atoms with Crippen LogP contribution in [0.25, 0.3) is 0 Å². The molecule has 1 aromatic heterocycles. The summed E-state index contributed by atoms with van der Waals surface area (Å²) in [5, 5.41) is 12.9. The molecule has 1 rings (SSSR count). The van der Waals surface area contributed by atoms with Crippen LogP contribution >= 0.6 is 0 Å². The van der Waals surface area contributed by atoms with Crippen LogP contribution in [0.4, 0.5) is 11.5 Å². The molecule has 0 spiro atoms. The van der Waals surface area contributed by atoms with Crippen molar-refractivity contribution in [2.24, 2.45) is 0 Å². The molecule has 0 fully saturated rings. The van der Waals surface area contributed by atoms with Gasteiger partial charge < -0.3 is 15.3 Å². The Morgan fingerprint density at radius 1 is 1.50 bits per heavy atom. The highest BCUT2D eigenvalue weighted by molar-refractivity contribution is 5.53. The number of rotatable bonds is 5. The first kappa shape index (κ1) is 12.8. The molecule has 0 bridgehead atoms. The molecule has 1 heterocycles. The lowest BCUT2D eigenvalue weighted by atomic mass is 10.1. The monoisotopic (exact) mass is 223 g/mol. The van der Waals surface area contributed by atoms with Gasteiger partial charge in [0.1, 0.15) is 5.82 Å². The molecule has 0 aliphatic heterocycles. The second-order valence-electron chi connectivity index (χ2n) is 4.60. The average molecular weight is 223 g/mol. The van der Waals surface area contributed by atoms with E-state index in [9.17, 15) is 5.11 Å². The minimum atomic E-state index is -0.698. The van der Waals surface area contributed by atoms with Crippen molar-refractivity contribution in [1.82, 2.24) is 4.98 Å². The molecule has 4 nitrogen and oxygen atoms in total. The predicted octanol–water partition coefficient (Wildman–Crippen LogP) is 1.72. The standard InChI is InChI=1S/C12H21N3O/c1-5-13-11-8-10(6-7-14-11)15(4)9-12(2,3)16/h6-8,16H,5,9H2,1-4H3,(H,13,14). The van der Waals surface area contributed by atoms with Crippen molar-refractivity contribution in [3.63, 3.8) is 0 Å². The van der Waals surface area contributed by atoms with Crippen LogP contribution < -0.4 is 10.2 Å². The topological polar surface area (TPSA) is 48.4 Å². The number of aromatic nitrogens is 1. The van der Waals surface area contributed by atoms with E-state index >= 15 is 0 Å². The molecule has 0 aliphatic rings. The van der Waals surface area contributed by atoms with Gasteiger partial charge in [-0.15, -0.1) is 0 Å². The molecule has 0 aromatic carbocycles. The number of aliphatic hydroxyl groups is 1. The van der Waals surface area contributed by atoms with Gasteiger partial charge >= 0.3 is 0 Å². The van der Waals surface area contributed by atoms with Gasteiger partial charge in [0.05, 0.1) is 5.60 Å². The Kier molecular flexibility index (Phi) is 4.12. The van der Waals surface area contributed by atoms with E-state index < -0.39 is 5.60 Å². The number of nitrogens with one attached hydrogen (secondary N) is 1. The SMILES string of the molecule is CCNc1cc(N(C)CC(C)(C)O)ccn1. The van der Waals surface area contributed by atoms with Crippen LogP contribution in [-0.4, -0.2) is 35.8 Å². The number of hydrogen-bond acceptors (Lipinski definition) is 4. The molecule has 2 N–H and O–H groups in total. The van der Waals surface area contributed by atoms with Crippen molar-refractivity contribution >= 4 is 11.5 Å². The van der Waals surface area contributed by atoms with E-state index in [1.165, 1.54) is 0 Å². The minimum absolute atomic E-state index is 0.586. The zero-order chi connectivity index (χ0) is 12.2. The third-order valence-electron chi connectivity index (χ3n) is 2.17. The number of nitrogens with zero attached hydrogens (tertiary/aromatic N) is 2. The molecule has 0 unspecified atom stereocenters. The van der Waals surface area contributed by atoms with E-state index in [-0.39, 0.29) is 0 Å².